The van der Waals surface area contributed by atoms with Crippen LogP contribution in [-0.2, 0) is 6.18 Å². The summed E-state index contributed by atoms with van der Waals surface area (Å²) in [6.45, 7) is 1.47. The topological polar surface area (TPSA) is 38.7 Å². The van der Waals surface area contributed by atoms with Crippen LogP contribution in [0.5, 0.6) is 0 Å². The van der Waals surface area contributed by atoms with Crippen molar-refractivity contribution < 1.29 is 22.0 Å². The molecule has 8 heteroatoms. The Hall–Kier alpha value is -2.12. The minimum absolute atomic E-state index is 0.221. The minimum Gasteiger partial charge on any atom is -0.256 e. The van der Waals surface area contributed by atoms with Crippen LogP contribution < -0.4 is 0 Å². The molecule has 0 bridgehead atoms. The van der Waals surface area contributed by atoms with Crippen molar-refractivity contribution >= 4 is 0 Å². The number of nitrogens with zero attached hydrogens (tertiary/aromatic N) is 3. The van der Waals surface area contributed by atoms with Crippen molar-refractivity contribution in [2.75, 3.05) is 0 Å². The molecule has 2 aromatic heterocycles. The molecule has 0 aliphatic heterocycles. The molecule has 20 heavy (non-hydrogen) atoms. The molecule has 0 spiro atoms. The average molecular weight is 289 g/mol. The van der Waals surface area contributed by atoms with Gasteiger partial charge in [0.2, 0.25) is 5.82 Å². The molecule has 0 atom stereocenters. The van der Waals surface area contributed by atoms with Gasteiger partial charge in [0.1, 0.15) is 0 Å². The van der Waals surface area contributed by atoms with Gasteiger partial charge in [-0.15, -0.1) is 0 Å². The van der Waals surface area contributed by atoms with Gasteiger partial charge in [0.15, 0.2) is 0 Å². The summed E-state index contributed by atoms with van der Waals surface area (Å²) in [7, 11) is 0. The molecule has 2 rings (SSSR count). The van der Waals surface area contributed by atoms with E-state index in [2.05, 4.69) is 15.0 Å². The highest BCUT2D eigenvalue weighted by atomic mass is 19.4. The lowest BCUT2D eigenvalue weighted by Crippen LogP contribution is -2.10. The van der Waals surface area contributed by atoms with E-state index in [1.54, 1.807) is 0 Å². The highest BCUT2D eigenvalue weighted by molar-refractivity contribution is 5.58. The van der Waals surface area contributed by atoms with E-state index >= 15 is 0 Å². The first-order chi connectivity index (χ1) is 9.29. The van der Waals surface area contributed by atoms with Crippen LogP contribution in [0.4, 0.5) is 22.0 Å². The summed E-state index contributed by atoms with van der Waals surface area (Å²) in [6, 6.07) is 1.35. The summed E-state index contributed by atoms with van der Waals surface area (Å²) in [4.78, 5) is 10.2. The maximum atomic E-state index is 12.6. The number of rotatable bonds is 2. The monoisotopic (exact) mass is 289 g/mol. The maximum absolute atomic E-state index is 12.6. The first kappa shape index (κ1) is 14.3. The SMILES string of the molecule is Cc1cc(-c2cnc(C(F)(F)F)nc2)ncc1C(F)F. The number of halogens is 5. The highest BCUT2D eigenvalue weighted by Crippen LogP contribution is 2.28. The number of hydrogen-bond acceptors (Lipinski definition) is 3. The van der Waals surface area contributed by atoms with Crippen LogP contribution in [0.25, 0.3) is 11.3 Å². The Labute approximate surface area is 110 Å². The Morgan fingerprint density at radius 2 is 1.60 bits per heavy atom. The molecule has 0 aliphatic carbocycles. The lowest BCUT2D eigenvalue weighted by atomic mass is 10.1. The van der Waals surface area contributed by atoms with Gasteiger partial charge in [-0.3, -0.25) is 4.98 Å². The number of pyridine rings is 1. The smallest absolute Gasteiger partial charge is 0.256 e. The van der Waals surface area contributed by atoms with E-state index in [0.717, 1.165) is 18.6 Å². The second-order valence-corrected chi connectivity index (χ2v) is 4.02. The van der Waals surface area contributed by atoms with Crippen molar-refractivity contribution in [2.24, 2.45) is 0 Å². The van der Waals surface area contributed by atoms with Crippen molar-refractivity contribution in [3.8, 4) is 11.3 Å². The molecule has 0 aliphatic rings. The first-order valence-electron chi connectivity index (χ1n) is 5.43. The predicted molar refractivity (Wildman–Crippen MR) is 60.0 cm³/mol. The Morgan fingerprint density at radius 1 is 1.00 bits per heavy atom. The van der Waals surface area contributed by atoms with Gasteiger partial charge in [0.25, 0.3) is 6.43 Å². The zero-order chi connectivity index (χ0) is 14.9. The predicted octanol–water partition coefficient (Wildman–Crippen LogP) is 3.80. The third-order valence-electron chi connectivity index (χ3n) is 2.59. The van der Waals surface area contributed by atoms with Crippen LogP contribution in [-0.4, -0.2) is 15.0 Å². The molecule has 0 fully saturated rings. The quantitative estimate of drug-likeness (QED) is 0.789. The maximum Gasteiger partial charge on any atom is 0.451 e. The van der Waals surface area contributed by atoms with Crippen molar-refractivity contribution in [3.05, 3.63) is 41.6 Å². The summed E-state index contributed by atoms with van der Waals surface area (Å²) in [5.74, 6) is -1.26. The minimum atomic E-state index is -4.62. The largest absolute Gasteiger partial charge is 0.451 e. The molecule has 0 aromatic carbocycles. The molecule has 0 amide bonds. The van der Waals surface area contributed by atoms with Gasteiger partial charge in [-0.2, -0.15) is 13.2 Å². The normalized spacial score (nSPS) is 11.9. The molecule has 2 heterocycles. The van der Waals surface area contributed by atoms with E-state index in [0.29, 0.717) is 5.56 Å². The molecule has 0 radical (unpaired) electrons. The molecule has 106 valence electrons. The average Bonchev–Trinajstić information content (AvgIpc) is 2.37. The van der Waals surface area contributed by atoms with Crippen LogP contribution >= 0.6 is 0 Å². The number of hydrogen-bond donors (Lipinski definition) is 0. The van der Waals surface area contributed by atoms with Crippen molar-refractivity contribution in [2.45, 2.75) is 19.5 Å². The Morgan fingerprint density at radius 3 is 2.05 bits per heavy atom. The van der Waals surface area contributed by atoms with Gasteiger partial charge < -0.3 is 0 Å². The molecular weight excluding hydrogens is 281 g/mol. The molecule has 0 N–H and O–H groups in total. The van der Waals surface area contributed by atoms with Crippen molar-refractivity contribution in [3.63, 3.8) is 0 Å². The van der Waals surface area contributed by atoms with Gasteiger partial charge >= 0.3 is 6.18 Å². The molecular formula is C12H8F5N3. The summed E-state index contributed by atoms with van der Waals surface area (Å²) in [5, 5.41) is 0. The van der Waals surface area contributed by atoms with Crippen LogP contribution in [0.15, 0.2) is 24.7 Å². The molecule has 0 saturated heterocycles. The fourth-order valence-corrected chi connectivity index (χ4v) is 1.56. The van der Waals surface area contributed by atoms with Crippen LogP contribution in [0.1, 0.15) is 23.4 Å². The fraction of sp³-hybridized carbons (Fsp3) is 0.250. The summed E-state index contributed by atoms with van der Waals surface area (Å²) in [6.07, 6.45) is -4.37. The van der Waals surface area contributed by atoms with Gasteiger partial charge in [-0.05, 0) is 18.6 Å². The second-order valence-electron chi connectivity index (χ2n) is 4.02. The van der Waals surface area contributed by atoms with E-state index < -0.39 is 18.4 Å². The van der Waals surface area contributed by atoms with Gasteiger partial charge in [0, 0.05) is 29.7 Å². The zero-order valence-corrected chi connectivity index (χ0v) is 10.1. The van der Waals surface area contributed by atoms with Crippen molar-refractivity contribution in [1.82, 2.24) is 15.0 Å². The number of alkyl halides is 5. The standard InChI is InChI=1S/C12H8F5N3/c1-6-2-9(18-5-8(6)10(13)14)7-3-19-11(20-4-7)12(15,16)17/h2-5,10H,1H3. The third kappa shape index (κ3) is 2.89. The lowest BCUT2D eigenvalue weighted by Gasteiger charge is -2.08. The van der Waals surface area contributed by atoms with E-state index in [1.807, 2.05) is 0 Å². The third-order valence-corrected chi connectivity index (χ3v) is 2.59. The van der Waals surface area contributed by atoms with Gasteiger partial charge in [-0.25, -0.2) is 18.7 Å². The van der Waals surface area contributed by atoms with Crippen molar-refractivity contribution in [1.29, 1.82) is 0 Å². The first-order valence-corrected chi connectivity index (χ1v) is 5.43. The van der Waals surface area contributed by atoms with E-state index in [1.165, 1.54) is 13.0 Å². The second kappa shape index (κ2) is 5.10. The number of aryl methyl sites for hydroxylation is 1. The van der Waals surface area contributed by atoms with E-state index in [9.17, 15) is 22.0 Å². The Balaban J connectivity index is 2.35. The Kier molecular flexibility index (Phi) is 3.65. The van der Waals surface area contributed by atoms with E-state index in [4.69, 9.17) is 0 Å². The molecule has 2 aromatic rings. The molecule has 3 nitrogen and oxygen atoms in total. The zero-order valence-electron chi connectivity index (χ0n) is 10.1. The van der Waals surface area contributed by atoms with Crippen LogP contribution in [0, 0.1) is 6.92 Å². The lowest BCUT2D eigenvalue weighted by molar-refractivity contribution is -0.144. The van der Waals surface area contributed by atoms with Gasteiger partial charge in [0.05, 0.1) is 5.69 Å². The summed E-state index contributed by atoms with van der Waals surface area (Å²) in [5.41, 5.74) is 0.536. The number of aromatic nitrogens is 3. The Bertz CT molecular complexity index is 607. The van der Waals surface area contributed by atoms with Gasteiger partial charge in [-0.1, -0.05) is 0 Å². The highest BCUT2D eigenvalue weighted by Gasteiger charge is 2.34. The van der Waals surface area contributed by atoms with E-state index in [-0.39, 0.29) is 16.8 Å². The molecule has 0 unspecified atom stereocenters. The summed E-state index contributed by atoms with van der Waals surface area (Å²) >= 11 is 0. The van der Waals surface area contributed by atoms with Crippen LogP contribution in [0.3, 0.4) is 0 Å². The molecule has 0 saturated carbocycles. The van der Waals surface area contributed by atoms with Crippen LogP contribution in [0.2, 0.25) is 0 Å². The summed E-state index contributed by atoms with van der Waals surface area (Å²) < 4.78 is 62.0. The fourth-order valence-electron chi connectivity index (χ4n) is 1.56.